The van der Waals surface area contributed by atoms with Crippen molar-refractivity contribution in [2.75, 3.05) is 0 Å². The van der Waals surface area contributed by atoms with E-state index in [2.05, 4.69) is 66.9 Å². The third kappa shape index (κ3) is 7.67. The second kappa shape index (κ2) is 17.9. The van der Waals surface area contributed by atoms with Crippen molar-refractivity contribution in [1.29, 1.82) is 0 Å². The highest BCUT2D eigenvalue weighted by molar-refractivity contribution is 7.20. The Morgan fingerprint density at radius 3 is 0.985 bits per heavy atom. The van der Waals surface area contributed by atoms with Crippen molar-refractivity contribution in [2.24, 2.45) is 0 Å². The summed E-state index contributed by atoms with van der Waals surface area (Å²) >= 11 is 1.71. The van der Waals surface area contributed by atoms with Gasteiger partial charge in [-0.05, 0) is 31.3 Å². The molecule has 342 valence electrons. The van der Waals surface area contributed by atoms with E-state index < -0.39 is 144 Å². The van der Waals surface area contributed by atoms with E-state index in [9.17, 15) is 52.7 Å². The number of fused-ring (bicyclic) bond motifs is 1. The fourth-order valence-corrected chi connectivity index (χ4v) is 8.22. The maximum Gasteiger partial charge on any atom is 0.431 e. The highest BCUT2D eigenvalue weighted by atomic mass is 32.1. The topological polar surface area (TPSA) is 13.1 Å². The van der Waals surface area contributed by atoms with Gasteiger partial charge in [-0.3, -0.25) is 0 Å². The summed E-state index contributed by atoms with van der Waals surface area (Å²) in [5.74, 6) is -71.4. The Hall–Kier alpha value is -6.33. The first-order chi connectivity index (χ1) is 30.4. The summed E-state index contributed by atoms with van der Waals surface area (Å²) in [6.45, 7) is 4.97. The van der Waals surface area contributed by atoms with Crippen LogP contribution in [0.15, 0.2) is 54.6 Å². The van der Waals surface area contributed by atoms with E-state index in [0.717, 1.165) is 11.7 Å². The van der Waals surface area contributed by atoms with Crippen LogP contribution in [-0.4, -0.2) is 12.2 Å². The summed E-state index contributed by atoms with van der Waals surface area (Å²) in [5, 5.41) is 0.977. The molecule has 24 heteroatoms. The van der Waals surface area contributed by atoms with Crippen molar-refractivity contribution in [3.8, 4) is 5.19 Å². The predicted molar refractivity (Wildman–Crippen MR) is 193 cm³/mol. The summed E-state index contributed by atoms with van der Waals surface area (Å²) in [6, 6.07) is 19.0. The van der Waals surface area contributed by atoms with Gasteiger partial charge in [-0.25, -0.2) is 87.8 Å². The molecule has 0 aliphatic carbocycles. The maximum atomic E-state index is 15.4. The molecular weight excluding hydrogens is 945 g/mol. The third-order valence-corrected chi connectivity index (χ3v) is 10.9. The molecule has 0 aliphatic heterocycles. The predicted octanol–water partition coefficient (Wildman–Crippen LogP) is 9.87. The Labute approximate surface area is 354 Å². The number of rotatable bonds is 8. The van der Waals surface area contributed by atoms with Crippen LogP contribution in [0.5, 0.6) is 5.19 Å². The van der Waals surface area contributed by atoms with Crippen molar-refractivity contribution >= 4 is 49.6 Å². The zero-order chi connectivity index (χ0) is 48.3. The van der Waals surface area contributed by atoms with Crippen LogP contribution < -0.4 is 31.2 Å². The minimum atomic E-state index is -7.22. The van der Waals surface area contributed by atoms with E-state index in [1.165, 1.54) is 15.8 Å². The lowest BCUT2D eigenvalue weighted by atomic mass is 9.12. The molecule has 1 aromatic heterocycles. The van der Waals surface area contributed by atoms with E-state index in [1.807, 2.05) is 6.07 Å². The number of para-hydroxylation sites is 1. The van der Waals surface area contributed by atoms with E-state index in [-0.39, 0.29) is 6.10 Å². The summed E-state index contributed by atoms with van der Waals surface area (Å²) in [4.78, 5) is 0. The third-order valence-electron chi connectivity index (χ3n) is 9.80. The number of hydrogen-bond donors (Lipinski definition) is 0. The van der Waals surface area contributed by atoms with Crippen LogP contribution in [0, 0.1) is 116 Å². The quantitative estimate of drug-likeness (QED) is 0.0487. The van der Waals surface area contributed by atoms with Crippen molar-refractivity contribution < 1.29 is 97.1 Å². The van der Waals surface area contributed by atoms with Gasteiger partial charge >= 0.3 is 5.19 Å². The van der Waals surface area contributed by atoms with Crippen molar-refractivity contribution in [3.05, 3.63) is 177 Å². The largest absolute Gasteiger partial charge is 0.433 e. The smallest absolute Gasteiger partial charge is 0.431 e. The number of hydrogen-bond acceptors (Lipinski definition) is 2. The van der Waals surface area contributed by atoms with Crippen LogP contribution in [0.25, 0.3) is 10.2 Å². The lowest BCUT2D eigenvalue weighted by Crippen LogP contribution is -2.81. The second-order valence-electron chi connectivity index (χ2n) is 13.9. The molecule has 0 saturated heterocycles. The monoisotopic (exact) mass is 963 g/mol. The van der Waals surface area contributed by atoms with E-state index in [1.54, 1.807) is 11.3 Å². The van der Waals surface area contributed by atoms with Gasteiger partial charge in [-0.2, -0.15) is 0 Å². The molecule has 2 nitrogen and oxygen atoms in total. The Kier molecular flexibility index (Phi) is 13.3. The van der Waals surface area contributed by atoms with Crippen molar-refractivity contribution in [1.82, 2.24) is 0 Å². The Morgan fingerprint density at radius 2 is 0.677 bits per heavy atom. The first kappa shape index (κ1) is 48.1. The number of aromatic nitrogens is 1. The Bertz CT molecular complexity index is 2650. The van der Waals surface area contributed by atoms with Gasteiger partial charge < -0.3 is 4.74 Å². The molecule has 0 bridgehead atoms. The van der Waals surface area contributed by atoms with Crippen LogP contribution in [0.3, 0.4) is 0 Å². The zero-order valence-corrected chi connectivity index (χ0v) is 32.7. The van der Waals surface area contributed by atoms with Crippen LogP contribution in [-0.2, 0) is 6.54 Å². The molecule has 0 spiro atoms. The highest BCUT2D eigenvalue weighted by Gasteiger charge is 2.52. The first-order valence-corrected chi connectivity index (χ1v) is 18.6. The number of nitrogens with zero attached hydrogens (tertiary/aromatic N) is 1. The van der Waals surface area contributed by atoms with Gasteiger partial charge in [0.25, 0.3) is 0 Å². The fourth-order valence-electron chi connectivity index (χ4n) is 7.09. The molecule has 1 heterocycles. The molecule has 0 amide bonds. The van der Waals surface area contributed by atoms with Gasteiger partial charge in [0.15, 0.2) is 76.4 Å². The normalized spacial score (nSPS) is 11.7. The summed E-state index contributed by atoms with van der Waals surface area (Å²) in [5.41, 5.74) is -11.8. The average Bonchev–Trinajstić information content (AvgIpc) is 3.62. The average molecular weight is 963 g/mol. The molecule has 6 aromatic carbocycles. The van der Waals surface area contributed by atoms with Gasteiger partial charge in [0, 0.05) is 11.6 Å². The Balaban J connectivity index is 0.000000289. The molecule has 0 N–H and O–H groups in total. The summed E-state index contributed by atoms with van der Waals surface area (Å²) in [7, 11) is 0. The molecule has 0 aliphatic rings. The molecule has 7 rings (SSSR count). The van der Waals surface area contributed by atoms with Crippen LogP contribution in [0.4, 0.5) is 87.8 Å². The molecular formula is C41H18BF20NOS. The number of benzene rings is 6. The summed E-state index contributed by atoms with van der Waals surface area (Å²) in [6.07, 6.45) is -7.03. The molecule has 65 heavy (non-hydrogen) atoms. The zero-order valence-electron chi connectivity index (χ0n) is 31.9. The van der Waals surface area contributed by atoms with Gasteiger partial charge in [0.2, 0.25) is 5.52 Å². The lowest BCUT2D eigenvalue weighted by molar-refractivity contribution is -0.664. The maximum absolute atomic E-state index is 15.4. The number of halogens is 20. The molecule has 0 fully saturated rings. The summed E-state index contributed by atoms with van der Waals surface area (Å²) < 4.78 is 303. The number of thiazole rings is 1. The van der Waals surface area contributed by atoms with Gasteiger partial charge in [0.1, 0.15) is 63.5 Å². The van der Waals surface area contributed by atoms with E-state index >= 15 is 35.1 Å². The van der Waals surface area contributed by atoms with E-state index in [0.29, 0.717) is 0 Å². The minimum absolute atomic E-state index is 0.185. The Morgan fingerprint density at radius 1 is 0.400 bits per heavy atom. The van der Waals surface area contributed by atoms with Gasteiger partial charge in [-0.15, -0.1) is 26.4 Å². The number of ether oxygens (including phenoxy) is 1. The van der Waals surface area contributed by atoms with Crippen molar-refractivity contribution in [2.45, 2.75) is 26.5 Å². The molecule has 0 saturated carbocycles. The second-order valence-corrected chi connectivity index (χ2v) is 14.9. The minimum Gasteiger partial charge on any atom is -0.433 e. The lowest BCUT2D eigenvalue weighted by Gasteiger charge is -2.44. The molecule has 0 unspecified atom stereocenters. The SMILES string of the molecule is CC(C)Oc1sc2ccccc2[n+]1Cc1ccccc1.Fc1c(F)c(F)c([B-](c2c(F)c(F)c(F)c(F)c2F)(c2c(F)c(F)c(F)c(F)c2F)c2c(F)c(F)c(F)c(F)c2F)c(F)c1F. The highest BCUT2D eigenvalue weighted by Crippen LogP contribution is 2.31. The van der Waals surface area contributed by atoms with E-state index in [4.69, 9.17) is 4.74 Å². The molecule has 0 radical (unpaired) electrons. The van der Waals surface area contributed by atoms with Gasteiger partial charge in [-0.1, -0.05) is 42.5 Å². The van der Waals surface area contributed by atoms with Crippen LogP contribution >= 0.6 is 11.3 Å². The fraction of sp³-hybridized carbons (Fsp3) is 0.0976. The van der Waals surface area contributed by atoms with Gasteiger partial charge in [0.05, 0.1) is 0 Å². The standard InChI is InChI=1S/C24BF20.C17H18NOS/c26-5-1(6(27)14(35)21(42)13(5)34)25(2-7(28)15(36)22(43)16(37)8(2)29,3-9(30)17(38)23(44)18(39)10(3)31)4-11(32)19(40)24(45)20(41)12(4)33;1-13(2)19-17-18(12-14-8-4-3-5-9-14)15-10-6-7-11-16(15)20-17/h;3-11,13H,12H2,1-2H3/q-1;+1. The first-order valence-electron chi connectivity index (χ1n) is 17.8. The van der Waals surface area contributed by atoms with Crippen LogP contribution in [0.1, 0.15) is 19.4 Å². The van der Waals surface area contributed by atoms with Crippen LogP contribution in [0.2, 0.25) is 0 Å². The molecule has 0 atom stereocenters. The molecule has 7 aromatic rings. The van der Waals surface area contributed by atoms with Crippen molar-refractivity contribution in [3.63, 3.8) is 0 Å².